The van der Waals surface area contributed by atoms with Crippen LogP contribution in [0.1, 0.15) is 17.3 Å². The summed E-state index contributed by atoms with van der Waals surface area (Å²) in [6, 6.07) is 1.15. The second-order valence-corrected chi connectivity index (χ2v) is 2.80. The number of rotatable bonds is 1. The first-order valence-electron chi connectivity index (χ1n) is 2.93. The van der Waals surface area contributed by atoms with Gasteiger partial charge in [-0.3, -0.25) is 4.79 Å². The fourth-order valence-electron chi connectivity index (χ4n) is 0.669. The molecule has 1 heterocycles. The molecule has 0 aliphatic heterocycles. The van der Waals surface area contributed by atoms with Gasteiger partial charge in [-0.05, 0) is 28.9 Å². The first kappa shape index (κ1) is 8.33. The topological polar surface area (TPSA) is 30.0 Å². The van der Waals surface area contributed by atoms with Crippen LogP contribution < -0.4 is 0 Å². The van der Waals surface area contributed by atoms with E-state index < -0.39 is 5.82 Å². The number of hydrogen-bond donors (Lipinski definition) is 0. The molecule has 0 radical (unpaired) electrons. The molecule has 1 rings (SSSR count). The van der Waals surface area contributed by atoms with Crippen molar-refractivity contribution in [1.29, 1.82) is 0 Å². The maximum atomic E-state index is 12.5. The van der Waals surface area contributed by atoms with Crippen molar-refractivity contribution >= 4 is 21.7 Å². The van der Waals surface area contributed by atoms with Gasteiger partial charge in [-0.2, -0.15) is 0 Å². The van der Waals surface area contributed by atoms with Gasteiger partial charge in [-0.1, -0.05) is 0 Å². The number of carbonyl (C=O) groups is 1. The van der Waals surface area contributed by atoms with Crippen molar-refractivity contribution in [2.45, 2.75) is 6.92 Å². The van der Waals surface area contributed by atoms with E-state index in [-0.39, 0.29) is 11.3 Å². The van der Waals surface area contributed by atoms with E-state index in [1.807, 2.05) is 0 Å². The van der Waals surface area contributed by atoms with Crippen molar-refractivity contribution in [3.63, 3.8) is 0 Å². The summed E-state index contributed by atoms with van der Waals surface area (Å²) in [7, 11) is 0. The van der Waals surface area contributed by atoms with Crippen LogP contribution in [-0.2, 0) is 0 Å². The minimum absolute atomic E-state index is 0.205. The van der Waals surface area contributed by atoms with E-state index in [2.05, 4.69) is 20.9 Å². The summed E-state index contributed by atoms with van der Waals surface area (Å²) in [5, 5.41) is 0. The Kier molecular flexibility index (Phi) is 2.34. The van der Waals surface area contributed by atoms with E-state index >= 15 is 0 Å². The Hall–Kier alpha value is -0.770. The quantitative estimate of drug-likeness (QED) is 0.534. The average Bonchev–Trinajstić information content (AvgIpc) is 1.94. The third-order valence-corrected chi connectivity index (χ3v) is 1.82. The molecule has 58 valence electrons. The molecule has 1 aromatic rings. The molecule has 4 heteroatoms. The monoisotopic (exact) mass is 217 g/mol. The minimum atomic E-state index is -0.501. The molecule has 0 atom stereocenters. The molecule has 0 spiro atoms. The van der Waals surface area contributed by atoms with Crippen molar-refractivity contribution in [2.24, 2.45) is 0 Å². The number of nitrogens with zero attached hydrogens (tertiary/aromatic N) is 1. The number of halogens is 2. The lowest BCUT2D eigenvalue weighted by Crippen LogP contribution is -1.96. The van der Waals surface area contributed by atoms with E-state index in [0.29, 0.717) is 4.60 Å². The summed E-state index contributed by atoms with van der Waals surface area (Å²) in [5.74, 6) is -0.706. The Morgan fingerprint density at radius 2 is 2.36 bits per heavy atom. The predicted octanol–water partition coefficient (Wildman–Crippen LogP) is 2.19. The van der Waals surface area contributed by atoms with Crippen molar-refractivity contribution in [3.05, 3.63) is 28.2 Å². The van der Waals surface area contributed by atoms with Crippen LogP contribution in [0.3, 0.4) is 0 Å². The SMILES string of the molecule is CC(=O)c1cc(F)cnc1Br. The maximum absolute atomic E-state index is 12.5. The van der Waals surface area contributed by atoms with E-state index in [1.165, 1.54) is 6.92 Å². The number of aromatic nitrogens is 1. The summed E-state index contributed by atoms with van der Waals surface area (Å²) in [4.78, 5) is 14.4. The summed E-state index contributed by atoms with van der Waals surface area (Å²) >= 11 is 3.03. The fourth-order valence-corrected chi connectivity index (χ4v) is 1.17. The largest absolute Gasteiger partial charge is 0.294 e. The fraction of sp³-hybridized carbons (Fsp3) is 0.143. The van der Waals surface area contributed by atoms with Crippen LogP contribution in [-0.4, -0.2) is 10.8 Å². The lowest BCUT2D eigenvalue weighted by Gasteiger charge is -1.97. The number of ketones is 1. The first-order valence-corrected chi connectivity index (χ1v) is 3.72. The van der Waals surface area contributed by atoms with Crippen LogP contribution in [0, 0.1) is 5.82 Å². The molecule has 0 fully saturated rings. The van der Waals surface area contributed by atoms with Crippen LogP contribution in [0.25, 0.3) is 0 Å². The Bertz CT molecular complexity index is 300. The number of Topliss-reactive ketones (excluding diaryl/α,β-unsaturated/α-hetero) is 1. The zero-order valence-electron chi connectivity index (χ0n) is 5.77. The van der Waals surface area contributed by atoms with Crippen LogP contribution in [0.4, 0.5) is 4.39 Å². The highest BCUT2D eigenvalue weighted by atomic mass is 79.9. The Morgan fingerprint density at radius 3 is 2.82 bits per heavy atom. The highest BCUT2D eigenvalue weighted by Gasteiger charge is 2.06. The van der Waals surface area contributed by atoms with Crippen molar-refractivity contribution in [2.75, 3.05) is 0 Å². The molecular formula is C7H5BrFNO. The zero-order chi connectivity index (χ0) is 8.43. The summed E-state index contributed by atoms with van der Waals surface area (Å²) in [5.41, 5.74) is 0.269. The second-order valence-electron chi connectivity index (χ2n) is 2.05. The number of hydrogen-bond acceptors (Lipinski definition) is 2. The van der Waals surface area contributed by atoms with E-state index in [9.17, 15) is 9.18 Å². The summed E-state index contributed by atoms with van der Waals surface area (Å²) < 4.78 is 12.9. The normalized spacial score (nSPS) is 9.73. The van der Waals surface area contributed by atoms with Gasteiger partial charge in [0.15, 0.2) is 5.78 Å². The summed E-state index contributed by atoms with van der Waals surface area (Å²) in [6.07, 6.45) is 1.05. The van der Waals surface area contributed by atoms with Gasteiger partial charge < -0.3 is 0 Å². The predicted molar refractivity (Wildman–Crippen MR) is 41.9 cm³/mol. The maximum Gasteiger partial charge on any atom is 0.162 e. The minimum Gasteiger partial charge on any atom is -0.294 e. The lowest BCUT2D eigenvalue weighted by molar-refractivity contribution is 0.101. The Balaban J connectivity index is 3.23. The van der Waals surface area contributed by atoms with Crippen LogP contribution >= 0.6 is 15.9 Å². The van der Waals surface area contributed by atoms with Gasteiger partial charge >= 0.3 is 0 Å². The van der Waals surface area contributed by atoms with Gasteiger partial charge in [0.1, 0.15) is 10.4 Å². The average molecular weight is 218 g/mol. The zero-order valence-corrected chi connectivity index (χ0v) is 7.35. The third kappa shape index (κ3) is 1.83. The molecule has 0 saturated heterocycles. The number of carbonyl (C=O) groups excluding carboxylic acids is 1. The van der Waals surface area contributed by atoms with E-state index in [0.717, 1.165) is 12.3 Å². The molecule has 0 N–H and O–H groups in total. The van der Waals surface area contributed by atoms with Gasteiger partial charge in [-0.25, -0.2) is 9.37 Å². The second kappa shape index (κ2) is 3.09. The smallest absolute Gasteiger partial charge is 0.162 e. The molecule has 0 amide bonds. The Morgan fingerprint density at radius 1 is 1.73 bits per heavy atom. The van der Waals surface area contributed by atoms with Crippen LogP contribution in [0.2, 0.25) is 0 Å². The van der Waals surface area contributed by atoms with Crippen LogP contribution in [0.5, 0.6) is 0 Å². The molecule has 0 aliphatic carbocycles. The van der Waals surface area contributed by atoms with Crippen molar-refractivity contribution < 1.29 is 9.18 Å². The van der Waals surface area contributed by atoms with Gasteiger partial charge in [-0.15, -0.1) is 0 Å². The van der Waals surface area contributed by atoms with Gasteiger partial charge in [0, 0.05) is 0 Å². The van der Waals surface area contributed by atoms with Crippen molar-refractivity contribution in [1.82, 2.24) is 4.98 Å². The summed E-state index contributed by atoms with van der Waals surface area (Å²) in [6.45, 7) is 1.36. The third-order valence-electron chi connectivity index (χ3n) is 1.18. The van der Waals surface area contributed by atoms with Crippen molar-refractivity contribution in [3.8, 4) is 0 Å². The van der Waals surface area contributed by atoms with Gasteiger partial charge in [0.25, 0.3) is 0 Å². The van der Waals surface area contributed by atoms with Gasteiger partial charge in [0.05, 0.1) is 11.8 Å². The molecular weight excluding hydrogens is 213 g/mol. The molecule has 2 nitrogen and oxygen atoms in total. The van der Waals surface area contributed by atoms with Gasteiger partial charge in [0.2, 0.25) is 0 Å². The van der Waals surface area contributed by atoms with Crippen LogP contribution in [0.15, 0.2) is 16.9 Å². The first-order chi connectivity index (χ1) is 5.11. The molecule has 0 unspecified atom stereocenters. The molecule has 0 aliphatic rings. The highest BCUT2D eigenvalue weighted by molar-refractivity contribution is 9.10. The van der Waals surface area contributed by atoms with E-state index in [1.54, 1.807) is 0 Å². The number of pyridine rings is 1. The molecule has 11 heavy (non-hydrogen) atoms. The van der Waals surface area contributed by atoms with E-state index in [4.69, 9.17) is 0 Å². The molecule has 0 aromatic carbocycles. The standard InChI is InChI=1S/C7H5BrFNO/c1-4(11)6-2-5(9)3-10-7(6)8/h2-3H,1H3. The lowest BCUT2D eigenvalue weighted by atomic mass is 10.2. The molecule has 0 saturated carbocycles. The Labute approximate surface area is 71.6 Å². The highest BCUT2D eigenvalue weighted by Crippen LogP contribution is 2.14. The molecule has 1 aromatic heterocycles. The molecule has 0 bridgehead atoms.